The van der Waals surface area contributed by atoms with Crippen LogP contribution in [0.3, 0.4) is 0 Å². The summed E-state index contributed by atoms with van der Waals surface area (Å²) in [5, 5.41) is 13.2. The third kappa shape index (κ3) is 3.17. The molecule has 1 heterocycles. The van der Waals surface area contributed by atoms with E-state index in [0.717, 1.165) is 26.1 Å². The first kappa shape index (κ1) is 13.4. The van der Waals surface area contributed by atoms with E-state index in [4.69, 9.17) is 0 Å². The Kier molecular flexibility index (Phi) is 4.70. The highest BCUT2D eigenvalue weighted by Gasteiger charge is 2.36. The second-order valence-electron chi connectivity index (χ2n) is 4.55. The Morgan fingerprint density at radius 1 is 1.62 bits per heavy atom. The van der Waals surface area contributed by atoms with Gasteiger partial charge in [-0.25, -0.2) is 4.79 Å². The van der Waals surface area contributed by atoms with Gasteiger partial charge < -0.3 is 15.2 Å². The lowest BCUT2D eigenvalue weighted by Gasteiger charge is -2.40. The average molecular weight is 230 g/mol. The van der Waals surface area contributed by atoms with Gasteiger partial charge in [-0.1, -0.05) is 6.92 Å². The van der Waals surface area contributed by atoms with Crippen molar-refractivity contribution < 1.29 is 14.6 Å². The molecule has 1 fully saturated rings. The van der Waals surface area contributed by atoms with Crippen molar-refractivity contribution in [3.05, 3.63) is 0 Å². The molecule has 16 heavy (non-hydrogen) atoms. The van der Waals surface area contributed by atoms with Crippen molar-refractivity contribution in [2.24, 2.45) is 0 Å². The van der Waals surface area contributed by atoms with Crippen LogP contribution in [-0.4, -0.2) is 60.9 Å². The predicted molar refractivity (Wildman–Crippen MR) is 61.2 cm³/mol. The van der Waals surface area contributed by atoms with E-state index >= 15 is 0 Å². The number of methoxy groups -OCH3 is 1. The topological polar surface area (TPSA) is 61.8 Å². The summed E-state index contributed by atoms with van der Waals surface area (Å²) in [5.41, 5.74) is -1.42. The Balaban J connectivity index is 2.55. The molecular weight excluding hydrogens is 208 g/mol. The number of hydrogen-bond donors (Lipinski definition) is 2. The Labute approximate surface area is 96.8 Å². The van der Waals surface area contributed by atoms with Crippen LogP contribution in [0.5, 0.6) is 0 Å². The van der Waals surface area contributed by atoms with E-state index in [9.17, 15) is 9.90 Å². The standard InChI is InChI=1S/C11H22N2O3/c1-4-5-13(9-6-12-7-9)8-11(2,15)10(14)16-3/h9,12,15H,4-8H2,1-3H3. The summed E-state index contributed by atoms with van der Waals surface area (Å²) in [4.78, 5) is 13.5. The maximum absolute atomic E-state index is 11.4. The molecule has 0 amide bonds. The quantitative estimate of drug-likeness (QED) is 0.608. The first-order valence-corrected chi connectivity index (χ1v) is 5.77. The molecule has 1 saturated heterocycles. The average Bonchev–Trinajstić information content (AvgIpc) is 2.13. The van der Waals surface area contributed by atoms with Gasteiger partial charge in [0.1, 0.15) is 0 Å². The molecule has 0 aromatic heterocycles. The van der Waals surface area contributed by atoms with Crippen LogP contribution in [0.4, 0.5) is 0 Å². The van der Waals surface area contributed by atoms with Gasteiger partial charge in [0, 0.05) is 25.7 Å². The van der Waals surface area contributed by atoms with E-state index in [1.165, 1.54) is 14.0 Å². The Hall–Kier alpha value is -0.650. The van der Waals surface area contributed by atoms with Gasteiger partial charge in [0.05, 0.1) is 7.11 Å². The maximum atomic E-state index is 11.4. The lowest BCUT2D eigenvalue weighted by Crippen LogP contribution is -2.61. The summed E-state index contributed by atoms with van der Waals surface area (Å²) in [7, 11) is 1.30. The summed E-state index contributed by atoms with van der Waals surface area (Å²) >= 11 is 0. The first-order valence-electron chi connectivity index (χ1n) is 5.77. The van der Waals surface area contributed by atoms with Gasteiger partial charge in [-0.15, -0.1) is 0 Å². The summed E-state index contributed by atoms with van der Waals surface area (Å²) in [6.07, 6.45) is 1.01. The number of esters is 1. The molecule has 0 aliphatic carbocycles. The molecule has 0 aromatic rings. The van der Waals surface area contributed by atoms with Gasteiger partial charge in [0.2, 0.25) is 0 Å². The molecule has 0 bridgehead atoms. The van der Waals surface area contributed by atoms with Crippen molar-refractivity contribution in [1.29, 1.82) is 0 Å². The van der Waals surface area contributed by atoms with Crippen molar-refractivity contribution in [3.8, 4) is 0 Å². The largest absolute Gasteiger partial charge is 0.467 e. The molecule has 5 nitrogen and oxygen atoms in total. The molecule has 0 saturated carbocycles. The molecule has 0 spiro atoms. The van der Waals surface area contributed by atoms with E-state index in [0.29, 0.717) is 12.6 Å². The van der Waals surface area contributed by atoms with Crippen LogP contribution in [0.25, 0.3) is 0 Å². The van der Waals surface area contributed by atoms with Crippen LogP contribution in [0.1, 0.15) is 20.3 Å². The maximum Gasteiger partial charge on any atom is 0.338 e. The number of aliphatic hydroxyl groups is 1. The van der Waals surface area contributed by atoms with E-state index in [-0.39, 0.29) is 0 Å². The number of hydrogen-bond acceptors (Lipinski definition) is 5. The van der Waals surface area contributed by atoms with Gasteiger partial charge in [-0.05, 0) is 19.9 Å². The lowest BCUT2D eigenvalue weighted by atomic mass is 10.0. The molecule has 1 atom stereocenters. The molecule has 5 heteroatoms. The summed E-state index contributed by atoms with van der Waals surface area (Å²) in [6, 6.07) is 0.427. The minimum atomic E-state index is -1.42. The Morgan fingerprint density at radius 2 is 2.25 bits per heavy atom. The van der Waals surface area contributed by atoms with Gasteiger partial charge in [-0.2, -0.15) is 0 Å². The Bertz CT molecular complexity index is 239. The zero-order chi connectivity index (χ0) is 12.2. The molecule has 94 valence electrons. The molecular formula is C11H22N2O3. The normalized spacial score (nSPS) is 20.3. The molecule has 0 aromatic carbocycles. The molecule has 0 radical (unpaired) electrons. The van der Waals surface area contributed by atoms with Crippen LogP contribution < -0.4 is 5.32 Å². The van der Waals surface area contributed by atoms with Crippen LogP contribution in [-0.2, 0) is 9.53 Å². The Morgan fingerprint density at radius 3 is 2.62 bits per heavy atom. The monoisotopic (exact) mass is 230 g/mol. The third-order valence-corrected chi connectivity index (χ3v) is 2.92. The van der Waals surface area contributed by atoms with E-state index in [2.05, 4.69) is 21.9 Å². The molecule has 1 rings (SSSR count). The minimum absolute atomic E-state index is 0.333. The zero-order valence-electron chi connectivity index (χ0n) is 10.3. The van der Waals surface area contributed by atoms with Gasteiger partial charge >= 0.3 is 5.97 Å². The van der Waals surface area contributed by atoms with Crippen molar-refractivity contribution in [1.82, 2.24) is 10.2 Å². The highest BCUT2D eigenvalue weighted by molar-refractivity contribution is 5.78. The fourth-order valence-electron chi connectivity index (χ4n) is 1.89. The van der Waals surface area contributed by atoms with E-state index in [1.807, 2.05) is 0 Å². The molecule has 2 N–H and O–H groups in total. The summed E-state index contributed by atoms with van der Waals surface area (Å²) < 4.78 is 4.59. The zero-order valence-corrected chi connectivity index (χ0v) is 10.3. The molecule has 1 aliphatic rings. The highest BCUT2D eigenvalue weighted by Crippen LogP contribution is 2.14. The SMILES string of the molecule is CCCN(CC(C)(O)C(=O)OC)C1CNC1. The smallest absolute Gasteiger partial charge is 0.338 e. The van der Waals surface area contributed by atoms with Crippen molar-refractivity contribution in [2.45, 2.75) is 31.9 Å². The van der Waals surface area contributed by atoms with Gasteiger partial charge in [-0.3, -0.25) is 4.90 Å². The fourth-order valence-corrected chi connectivity index (χ4v) is 1.89. The first-order chi connectivity index (χ1) is 7.51. The highest BCUT2D eigenvalue weighted by atomic mass is 16.5. The fraction of sp³-hybridized carbons (Fsp3) is 0.909. The predicted octanol–water partition coefficient (Wildman–Crippen LogP) is -0.406. The summed E-state index contributed by atoms with van der Waals surface area (Å²) in [5.74, 6) is -0.569. The molecule has 1 unspecified atom stereocenters. The minimum Gasteiger partial charge on any atom is -0.467 e. The lowest BCUT2D eigenvalue weighted by molar-refractivity contribution is -0.163. The van der Waals surface area contributed by atoms with Crippen LogP contribution in [0.15, 0.2) is 0 Å². The number of carbonyl (C=O) groups excluding carboxylic acids is 1. The van der Waals surface area contributed by atoms with Crippen molar-refractivity contribution in [2.75, 3.05) is 33.3 Å². The van der Waals surface area contributed by atoms with Crippen LogP contribution in [0.2, 0.25) is 0 Å². The second kappa shape index (κ2) is 5.61. The summed E-state index contributed by atoms with van der Waals surface area (Å²) in [6.45, 7) is 6.67. The van der Waals surface area contributed by atoms with Gasteiger partial charge in [0.25, 0.3) is 0 Å². The van der Waals surface area contributed by atoms with E-state index in [1.54, 1.807) is 0 Å². The van der Waals surface area contributed by atoms with Crippen molar-refractivity contribution in [3.63, 3.8) is 0 Å². The third-order valence-electron chi connectivity index (χ3n) is 2.92. The number of ether oxygens (including phenoxy) is 1. The van der Waals surface area contributed by atoms with E-state index < -0.39 is 11.6 Å². The number of carbonyl (C=O) groups is 1. The number of nitrogens with one attached hydrogen (secondary N) is 1. The van der Waals surface area contributed by atoms with Gasteiger partial charge in [0.15, 0.2) is 5.60 Å². The number of rotatable bonds is 6. The van der Waals surface area contributed by atoms with Crippen LogP contribution in [0, 0.1) is 0 Å². The number of nitrogens with zero attached hydrogens (tertiary/aromatic N) is 1. The van der Waals surface area contributed by atoms with Crippen molar-refractivity contribution >= 4 is 5.97 Å². The molecule has 1 aliphatic heterocycles. The second-order valence-corrected chi connectivity index (χ2v) is 4.55. The van der Waals surface area contributed by atoms with Crippen LogP contribution >= 0.6 is 0 Å².